The average Bonchev–Trinajstić information content (AvgIpc) is 2.31. The van der Waals surface area contributed by atoms with Gasteiger partial charge in [0.2, 0.25) is 0 Å². The van der Waals surface area contributed by atoms with E-state index >= 15 is 0 Å². The Hall–Kier alpha value is -1.68. The highest BCUT2D eigenvalue weighted by Crippen LogP contribution is 2.36. The Morgan fingerprint density at radius 1 is 1.00 bits per heavy atom. The second-order valence-electron chi connectivity index (χ2n) is 4.23. The SMILES string of the molecule is Cc1ccc(-c2cc(O)cc(C(F)(F)F)c2)cc1Cl. The van der Waals surface area contributed by atoms with Crippen LogP contribution in [0.3, 0.4) is 0 Å². The van der Waals surface area contributed by atoms with Gasteiger partial charge in [-0.3, -0.25) is 0 Å². The summed E-state index contributed by atoms with van der Waals surface area (Å²) in [7, 11) is 0. The van der Waals surface area contributed by atoms with Crippen LogP contribution in [0.5, 0.6) is 5.75 Å². The van der Waals surface area contributed by atoms with Crippen LogP contribution in [-0.2, 0) is 6.18 Å². The molecule has 100 valence electrons. The Kier molecular flexibility index (Phi) is 3.45. The number of aromatic hydroxyl groups is 1. The van der Waals surface area contributed by atoms with Crippen molar-refractivity contribution in [3.8, 4) is 16.9 Å². The fourth-order valence-electron chi connectivity index (χ4n) is 1.71. The monoisotopic (exact) mass is 286 g/mol. The highest BCUT2D eigenvalue weighted by molar-refractivity contribution is 6.31. The Balaban J connectivity index is 2.56. The standard InChI is InChI=1S/C14H10ClF3O/c1-8-2-3-9(6-13(8)15)10-4-11(14(16,17)18)7-12(19)5-10/h2-7,19H,1H3. The number of hydrogen-bond donors (Lipinski definition) is 1. The lowest BCUT2D eigenvalue weighted by molar-refractivity contribution is -0.137. The molecule has 2 aromatic rings. The molecule has 0 amide bonds. The molecule has 2 aromatic carbocycles. The summed E-state index contributed by atoms with van der Waals surface area (Å²) < 4.78 is 38.0. The van der Waals surface area contributed by atoms with E-state index in [0.29, 0.717) is 16.7 Å². The topological polar surface area (TPSA) is 20.2 Å². The molecule has 1 nitrogen and oxygen atoms in total. The molecule has 0 bridgehead atoms. The van der Waals surface area contributed by atoms with Gasteiger partial charge in [0.25, 0.3) is 0 Å². The van der Waals surface area contributed by atoms with Crippen LogP contribution in [0, 0.1) is 6.92 Å². The van der Waals surface area contributed by atoms with Gasteiger partial charge in [0.15, 0.2) is 0 Å². The highest BCUT2D eigenvalue weighted by atomic mass is 35.5. The number of rotatable bonds is 1. The number of halogens is 4. The van der Waals surface area contributed by atoms with Crippen molar-refractivity contribution in [1.82, 2.24) is 0 Å². The Morgan fingerprint density at radius 3 is 2.26 bits per heavy atom. The van der Waals surface area contributed by atoms with E-state index in [-0.39, 0.29) is 5.56 Å². The molecule has 0 heterocycles. The van der Waals surface area contributed by atoms with E-state index in [9.17, 15) is 18.3 Å². The third-order valence-electron chi connectivity index (χ3n) is 2.75. The maximum Gasteiger partial charge on any atom is 0.416 e. The first-order chi connectivity index (χ1) is 8.77. The van der Waals surface area contributed by atoms with Gasteiger partial charge in [-0.15, -0.1) is 0 Å². The van der Waals surface area contributed by atoms with Crippen LogP contribution in [0.4, 0.5) is 13.2 Å². The average molecular weight is 287 g/mol. The van der Waals surface area contributed by atoms with Gasteiger partial charge < -0.3 is 5.11 Å². The smallest absolute Gasteiger partial charge is 0.416 e. The van der Waals surface area contributed by atoms with Crippen LogP contribution in [0.15, 0.2) is 36.4 Å². The quantitative estimate of drug-likeness (QED) is 0.778. The second kappa shape index (κ2) is 4.78. The zero-order chi connectivity index (χ0) is 14.2. The lowest BCUT2D eigenvalue weighted by atomic mass is 10.0. The summed E-state index contributed by atoms with van der Waals surface area (Å²) in [5.41, 5.74) is 0.743. The van der Waals surface area contributed by atoms with E-state index in [2.05, 4.69) is 0 Å². The fourth-order valence-corrected chi connectivity index (χ4v) is 1.89. The third-order valence-corrected chi connectivity index (χ3v) is 3.16. The molecule has 0 radical (unpaired) electrons. The normalized spacial score (nSPS) is 11.6. The van der Waals surface area contributed by atoms with Gasteiger partial charge in [0.1, 0.15) is 5.75 Å². The number of phenols is 1. The molecular formula is C14H10ClF3O. The fraction of sp³-hybridized carbons (Fsp3) is 0.143. The van der Waals surface area contributed by atoms with E-state index in [1.54, 1.807) is 25.1 Å². The molecule has 2 rings (SSSR count). The summed E-state index contributed by atoms with van der Waals surface area (Å²) in [5.74, 6) is -0.429. The maximum absolute atomic E-state index is 12.7. The van der Waals surface area contributed by atoms with E-state index in [1.807, 2.05) is 0 Å². The molecule has 0 aliphatic rings. The van der Waals surface area contributed by atoms with Crippen molar-refractivity contribution >= 4 is 11.6 Å². The minimum Gasteiger partial charge on any atom is -0.508 e. The van der Waals surface area contributed by atoms with E-state index in [1.165, 1.54) is 6.07 Å². The van der Waals surface area contributed by atoms with Gasteiger partial charge in [-0.25, -0.2) is 0 Å². The molecule has 0 fully saturated rings. The minimum absolute atomic E-state index is 0.272. The largest absolute Gasteiger partial charge is 0.508 e. The molecule has 0 aliphatic heterocycles. The first kappa shape index (κ1) is 13.7. The molecule has 0 saturated heterocycles. The molecule has 0 atom stereocenters. The second-order valence-corrected chi connectivity index (χ2v) is 4.64. The summed E-state index contributed by atoms with van der Waals surface area (Å²) in [4.78, 5) is 0. The number of hydrogen-bond acceptors (Lipinski definition) is 1. The van der Waals surface area contributed by atoms with Crippen LogP contribution < -0.4 is 0 Å². The predicted octanol–water partition coefficient (Wildman–Crippen LogP) is 5.04. The number of phenolic OH excluding ortho intramolecular Hbond substituents is 1. The van der Waals surface area contributed by atoms with Crippen LogP contribution in [-0.4, -0.2) is 5.11 Å². The van der Waals surface area contributed by atoms with Gasteiger partial charge in [0, 0.05) is 5.02 Å². The van der Waals surface area contributed by atoms with E-state index in [0.717, 1.165) is 11.6 Å². The van der Waals surface area contributed by atoms with Crippen molar-refractivity contribution in [1.29, 1.82) is 0 Å². The van der Waals surface area contributed by atoms with Gasteiger partial charge in [0.05, 0.1) is 5.56 Å². The molecule has 0 aromatic heterocycles. The summed E-state index contributed by atoms with van der Waals surface area (Å²) in [6, 6.07) is 7.91. The zero-order valence-corrected chi connectivity index (χ0v) is 10.7. The lowest BCUT2D eigenvalue weighted by Gasteiger charge is -2.11. The summed E-state index contributed by atoms with van der Waals surface area (Å²) in [5, 5.41) is 9.88. The molecular weight excluding hydrogens is 277 g/mol. The number of benzene rings is 2. The number of alkyl halides is 3. The molecule has 0 saturated carbocycles. The van der Waals surface area contributed by atoms with Crippen molar-refractivity contribution in [3.05, 3.63) is 52.5 Å². The van der Waals surface area contributed by atoms with Crippen molar-refractivity contribution in [2.45, 2.75) is 13.1 Å². The Bertz CT molecular complexity index is 621. The Labute approximate surface area is 113 Å². The molecule has 0 spiro atoms. The summed E-state index contributed by atoms with van der Waals surface area (Å²) in [6.45, 7) is 1.80. The van der Waals surface area contributed by atoms with Crippen LogP contribution in [0.2, 0.25) is 5.02 Å². The summed E-state index contributed by atoms with van der Waals surface area (Å²) >= 11 is 5.95. The lowest BCUT2D eigenvalue weighted by Crippen LogP contribution is -2.04. The summed E-state index contributed by atoms with van der Waals surface area (Å²) in [6.07, 6.45) is -4.50. The van der Waals surface area contributed by atoms with Gasteiger partial charge in [-0.1, -0.05) is 23.7 Å². The maximum atomic E-state index is 12.7. The van der Waals surface area contributed by atoms with Crippen molar-refractivity contribution < 1.29 is 18.3 Å². The number of aryl methyl sites for hydroxylation is 1. The molecule has 1 N–H and O–H groups in total. The molecule has 0 aliphatic carbocycles. The zero-order valence-electron chi connectivity index (χ0n) is 9.92. The van der Waals surface area contributed by atoms with Crippen LogP contribution in [0.25, 0.3) is 11.1 Å². The van der Waals surface area contributed by atoms with E-state index in [4.69, 9.17) is 11.6 Å². The van der Waals surface area contributed by atoms with Gasteiger partial charge in [-0.05, 0) is 47.9 Å². The van der Waals surface area contributed by atoms with Crippen LogP contribution in [0.1, 0.15) is 11.1 Å². The van der Waals surface area contributed by atoms with Gasteiger partial charge in [-0.2, -0.15) is 13.2 Å². The first-order valence-electron chi connectivity index (χ1n) is 5.45. The van der Waals surface area contributed by atoms with Crippen molar-refractivity contribution in [3.63, 3.8) is 0 Å². The highest BCUT2D eigenvalue weighted by Gasteiger charge is 2.31. The first-order valence-corrected chi connectivity index (χ1v) is 5.83. The third kappa shape index (κ3) is 3.01. The molecule has 5 heteroatoms. The van der Waals surface area contributed by atoms with Crippen LogP contribution >= 0.6 is 11.6 Å². The van der Waals surface area contributed by atoms with Crippen molar-refractivity contribution in [2.75, 3.05) is 0 Å². The van der Waals surface area contributed by atoms with E-state index < -0.39 is 17.5 Å². The predicted molar refractivity (Wildman–Crippen MR) is 68.3 cm³/mol. The minimum atomic E-state index is -4.50. The van der Waals surface area contributed by atoms with Crippen molar-refractivity contribution in [2.24, 2.45) is 0 Å². The Morgan fingerprint density at radius 2 is 1.68 bits per heavy atom. The van der Waals surface area contributed by atoms with Gasteiger partial charge >= 0.3 is 6.18 Å². The molecule has 19 heavy (non-hydrogen) atoms. The molecule has 0 unspecified atom stereocenters.